The number of benzene rings is 1. The molecule has 0 atom stereocenters. The van der Waals surface area contributed by atoms with E-state index in [4.69, 9.17) is 15.2 Å². The number of nitrogens with zero attached hydrogens (tertiary/aromatic N) is 2. The molecule has 1 aliphatic rings. The quantitative estimate of drug-likeness (QED) is 0.857. The number of ether oxygens (including phenoxy) is 2. The Bertz CT molecular complexity index is 692. The maximum Gasteiger partial charge on any atom is 0.161 e. The summed E-state index contributed by atoms with van der Waals surface area (Å²) >= 11 is 0. The summed E-state index contributed by atoms with van der Waals surface area (Å²) in [5.41, 5.74) is 7.73. The van der Waals surface area contributed by atoms with Gasteiger partial charge in [-0.15, -0.1) is 0 Å². The van der Waals surface area contributed by atoms with E-state index in [1.807, 2.05) is 18.2 Å². The summed E-state index contributed by atoms with van der Waals surface area (Å²) in [6.07, 6.45) is 2.45. The SMILES string of the molecule is N#Cc1c(-c2ccc3c(c2)OCCCO3)ccnc1N. The number of anilines is 1. The Morgan fingerprint density at radius 1 is 1.15 bits per heavy atom. The topological polar surface area (TPSA) is 81.2 Å². The van der Waals surface area contributed by atoms with E-state index >= 15 is 0 Å². The predicted octanol–water partition coefficient (Wildman–Crippen LogP) is 2.36. The molecule has 0 saturated heterocycles. The lowest BCUT2D eigenvalue weighted by molar-refractivity contribution is 0.297. The zero-order valence-electron chi connectivity index (χ0n) is 10.8. The van der Waals surface area contributed by atoms with Gasteiger partial charge in [0, 0.05) is 18.2 Å². The van der Waals surface area contributed by atoms with Gasteiger partial charge in [0.1, 0.15) is 17.5 Å². The first-order valence-electron chi connectivity index (χ1n) is 6.34. The molecule has 1 aliphatic heterocycles. The molecule has 3 rings (SSSR count). The van der Waals surface area contributed by atoms with Crippen LogP contribution < -0.4 is 15.2 Å². The minimum atomic E-state index is 0.233. The molecule has 20 heavy (non-hydrogen) atoms. The van der Waals surface area contributed by atoms with Crippen molar-refractivity contribution in [3.8, 4) is 28.7 Å². The first-order chi connectivity index (χ1) is 9.79. The molecule has 0 bridgehead atoms. The van der Waals surface area contributed by atoms with Crippen molar-refractivity contribution in [2.75, 3.05) is 18.9 Å². The number of hydrogen-bond acceptors (Lipinski definition) is 5. The van der Waals surface area contributed by atoms with Gasteiger partial charge in [0.2, 0.25) is 0 Å². The maximum atomic E-state index is 9.22. The first-order valence-corrected chi connectivity index (χ1v) is 6.34. The summed E-state index contributed by atoms with van der Waals surface area (Å²) in [7, 11) is 0. The van der Waals surface area contributed by atoms with E-state index in [9.17, 15) is 5.26 Å². The van der Waals surface area contributed by atoms with E-state index in [0.717, 1.165) is 23.3 Å². The van der Waals surface area contributed by atoms with Gasteiger partial charge in [-0.05, 0) is 23.8 Å². The van der Waals surface area contributed by atoms with Gasteiger partial charge in [0.15, 0.2) is 11.5 Å². The van der Waals surface area contributed by atoms with Crippen LogP contribution in [0.15, 0.2) is 30.5 Å². The number of rotatable bonds is 1. The average Bonchev–Trinajstić information content (AvgIpc) is 2.71. The van der Waals surface area contributed by atoms with Crippen LogP contribution in [0.3, 0.4) is 0 Å². The predicted molar refractivity (Wildman–Crippen MR) is 74.4 cm³/mol. The molecular formula is C15H13N3O2. The van der Waals surface area contributed by atoms with Crippen LogP contribution >= 0.6 is 0 Å². The Labute approximate surface area is 116 Å². The summed E-state index contributed by atoms with van der Waals surface area (Å²) in [5.74, 6) is 1.66. The molecule has 5 nitrogen and oxygen atoms in total. The summed E-state index contributed by atoms with van der Waals surface area (Å²) in [6, 6.07) is 9.49. The molecule has 0 aliphatic carbocycles. The molecule has 1 aromatic carbocycles. The van der Waals surface area contributed by atoms with Gasteiger partial charge in [-0.25, -0.2) is 4.98 Å². The fourth-order valence-electron chi connectivity index (χ4n) is 2.17. The molecule has 2 heterocycles. The second-order valence-electron chi connectivity index (χ2n) is 4.44. The number of nitriles is 1. The Morgan fingerprint density at radius 3 is 2.75 bits per heavy atom. The minimum absolute atomic E-state index is 0.233. The number of fused-ring (bicyclic) bond motifs is 1. The molecule has 0 radical (unpaired) electrons. The third kappa shape index (κ3) is 2.12. The summed E-state index contributed by atoms with van der Waals surface area (Å²) < 4.78 is 11.3. The highest BCUT2D eigenvalue weighted by Crippen LogP contribution is 2.35. The number of hydrogen-bond donors (Lipinski definition) is 1. The third-order valence-corrected chi connectivity index (χ3v) is 3.15. The molecule has 2 N–H and O–H groups in total. The fraction of sp³-hybridized carbons (Fsp3) is 0.200. The van der Waals surface area contributed by atoms with Crippen LogP contribution in [-0.4, -0.2) is 18.2 Å². The summed E-state index contributed by atoms with van der Waals surface area (Å²) in [5, 5.41) is 9.22. The lowest BCUT2D eigenvalue weighted by Crippen LogP contribution is -1.97. The molecule has 0 unspecified atom stereocenters. The van der Waals surface area contributed by atoms with Crippen molar-refractivity contribution in [2.24, 2.45) is 0 Å². The number of pyridine rings is 1. The lowest BCUT2D eigenvalue weighted by Gasteiger charge is -2.10. The van der Waals surface area contributed by atoms with Crippen molar-refractivity contribution >= 4 is 5.82 Å². The van der Waals surface area contributed by atoms with Crippen molar-refractivity contribution in [1.29, 1.82) is 5.26 Å². The standard InChI is InChI=1S/C15H13N3O2/c16-9-12-11(4-5-18-15(12)17)10-2-3-13-14(8-10)20-7-1-6-19-13/h2-5,8H,1,6-7H2,(H2,17,18). The van der Waals surface area contributed by atoms with Crippen LogP contribution in [0.1, 0.15) is 12.0 Å². The molecule has 1 aromatic heterocycles. The Hall–Kier alpha value is -2.74. The molecule has 100 valence electrons. The molecule has 0 saturated carbocycles. The highest BCUT2D eigenvalue weighted by molar-refractivity contribution is 5.76. The Balaban J connectivity index is 2.10. The number of nitrogens with two attached hydrogens (primary N) is 1. The van der Waals surface area contributed by atoms with Gasteiger partial charge in [0.25, 0.3) is 0 Å². The van der Waals surface area contributed by atoms with Crippen LogP contribution in [0.2, 0.25) is 0 Å². The highest BCUT2D eigenvalue weighted by Gasteiger charge is 2.14. The minimum Gasteiger partial charge on any atom is -0.490 e. The summed E-state index contributed by atoms with van der Waals surface area (Å²) in [6.45, 7) is 1.28. The van der Waals surface area contributed by atoms with Crippen LogP contribution in [0, 0.1) is 11.3 Å². The first kappa shape index (κ1) is 12.3. The van der Waals surface area contributed by atoms with E-state index in [1.54, 1.807) is 12.3 Å². The van der Waals surface area contributed by atoms with Crippen molar-refractivity contribution < 1.29 is 9.47 Å². The molecule has 5 heteroatoms. The third-order valence-electron chi connectivity index (χ3n) is 3.15. The zero-order chi connectivity index (χ0) is 13.9. The largest absolute Gasteiger partial charge is 0.490 e. The van der Waals surface area contributed by atoms with Crippen molar-refractivity contribution in [3.63, 3.8) is 0 Å². The van der Waals surface area contributed by atoms with Crippen molar-refractivity contribution in [2.45, 2.75) is 6.42 Å². The van der Waals surface area contributed by atoms with E-state index < -0.39 is 0 Å². The molecule has 2 aromatic rings. The van der Waals surface area contributed by atoms with Crippen LogP contribution in [0.4, 0.5) is 5.82 Å². The average molecular weight is 267 g/mol. The Morgan fingerprint density at radius 2 is 1.95 bits per heavy atom. The zero-order valence-corrected chi connectivity index (χ0v) is 10.8. The van der Waals surface area contributed by atoms with Gasteiger partial charge in [-0.3, -0.25) is 0 Å². The van der Waals surface area contributed by atoms with Crippen molar-refractivity contribution in [3.05, 3.63) is 36.0 Å². The van der Waals surface area contributed by atoms with Crippen LogP contribution in [0.5, 0.6) is 11.5 Å². The van der Waals surface area contributed by atoms with E-state index in [1.165, 1.54) is 0 Å². The van der Waals surface area contributed by atoms with Gasteiger partial charge in [-0.2, -0.15) is 5.26 Å². The Kier molecular flexibility index (Phi) is 3.13. The highest BCUT2D eigenvalue weighted by atomic mass is 16.5. The van der Waals surface area contributed by atoms with E-state index in [2.05, 4.69) is 11.1 Å². The number of nitrogen functional groups attached to an aromatic ring is 1. The van der Waals surface area contributed by atoms with Gasteiger partial charge >= 0.3 is 0 Å². The van der Waals surface area contributed by atoms with E-state index in [0.29, 0.717) is 24.5 Å². The second kappa shape index (κ2) is 5.10. The fourth-order valence-corrected chi connectivity index (χ4v) is 2.17. The maximum absolute atomic E-state index is 9.22. The molecular weight excluding hydrogens is 254 g/mol. The smallest absolute Gasteiger partial charge is 0.161 e. The van der Waals surface area contributed by atoms with Crippen molar-refractivity contribution in [1.82, 2.24) is 4.98 Å². The van der Waals surface area contributed by atoms with Gasteiger partial charge in [0.05, 0.1) is 13.2 Å². The molecule has 0 amide bonds. The normalized spacial score (nSPS) is 13.3. The number of aromatic nitrogens is 1. The lowest BCUT2D eigenvalue weighted by atomic mass is 10.0. The monoisotopic (exact) mass is 267 g/mol. The second-order valence-corrected chi connectivity index (χ2v) is 4.44. The van der Waals surface area contributed by atoms with E-state index in [-0.39, 0.29) is 5.82 Å². The van der Waals surface area contributed by atoms with Gasteiger partial charge in [-0.1, -0.05) is 6.07 Å². The van der Waals surface area contributed by atoms with Gasteiger partial charge < -0.3 is 15.2 Å². The molecule has 0 spiro atoms. The summed E-state index contributed by atoms with van der Waals surface area (Å²) in [4.78, 5) is 3.94. The van der Waals surface area contributed by atoms with Crippen LogP contribution in [0.25, 0.3) is 11.1 Å². The van der Waals surface area contributed by atoms with Crippen LogP contribution in [-0.2, 0) is 0 Å². The molecule has 0 fully saturated rings.